The summed E-state index contributed by atoms with van der Waals surface area (Å²) in [6.45, 7) is 4.12. The van der Waals surface area contributed by atoms with Crippen molar-refractivity contribution in [2.24, 2.45) is 0 Å². The molecular formula is C23H23N3O2. The summed E-state index contributed by atoms with van der Waals surface area (Å²) in [4.78, 5) is 30.2. The summed E-state index contributed by atoms with van der Waals surface area (Å²) >= 11 is 0. The smallest absolute Gasteiger partial charge is 0.250 e. The molecule has 1 aromatic carbocycles. The zero-order valence-corrected chi connectivity index (χ0v) is 16.3. The Morgan fingerprint density at radius 1 is 1.00 bits per heavy atom. The summed E-state index contributed by atoms with van der Waals surface area (Å²) in [7, 11) is 1.81. The highest BCUT2D eigenvalue weighted by Crippen LogP contribution is 2.33. The number of hydrogen-bond acceptors (Lipinski definition) is 3. The number of fused-ring (bicyclic) bond motifs is 1. The minimum absolute atomic E-state index is 0.00891. The van der Waals surface area contributed by atoms with Gasteiger partial charge in [0.2, 0.25) is 5.91 Å². The van der Waals surface area contributed by atoms with Crippen molar-refractivity contribution < 1.29 is 4.79 Å². The van der Waals surface area contributed by atoms with Crippen LogP contribution in [0.25, 0.3) is 22.3 Å². The lowest BCUT2D eigenvalue weighted by Crippen LogP contribution is -2.21. The zero-order chi connectivity index (χ0) is 19.8. The second kappa shape index (κ2) is 7.08. The molecule has 5 heteroatoms. The van der Waals surface area contributed by atoms with Crippen LogP contribution in [-0.2, 0) is 11.2 Å². The number of likely N-dealkylation sites (N-methyl/N-ethyl adjacent to an activating group) is 1. The molecule has 1 aliphatic rings. The lowest BCUT2D eigenvalue weighted by atomic mass is 10.00. The summed E-state index contributed by atoms with van der Waals surface area (Å²) in [5.41, 5.74) is 5.97. The number of carbonyl (C=O) groups is 1. The molecule has 1 aliphatic heterocycles. The summed E-state index contributed by atoms with van der Waals surface area (Å²) in [5, 5.41) is 0. The third kappa shape index (κ3) is 3.13. The lowest BCUT2D eigenvalue weighted by molar-refractivity contribution is -0.117. The molecular weight excluding hydrogens is 350 g/mol. The maximum absolute atomic E-state index is 12.2. The van der Waals surface area contributed by atoms with Crippen LogP contribution in [0.1, 0.15) is 31.9 Å². The van der Waals surface area contributed by atoms with E-state index in [-0.39, 0.29) is 17.5 Å². The van der Waals surface area contributed by atoms with Crippen LogP contribution < -0.4 is 10.5 Å². The number of pyridine rings is 2. The summed E-state index contributed by atoms with van der Waals surface area (Å²) in [6, 6.07) is 11.8. The van der Waals surface area contributed by atoms with E-state index in [4.69, 9.17) is 0 Å². The molecule has 0 N–H and O–H groups in total. The van der Waals surface area contributed by atoms with E-state index in [0.29, 0.717) is 6.42 Å². The van der Waals surface area contributed by atoms with Crippen molar-refractivity contribution in [3.8, 4) is 22.3 Å². The highest BCUT2D eigenvalue weighted by molar-refractivity contribution is 6.01. The minimum atomic E-state index is 0.00891. The highest BCUT2D eigenvalue weighted by Gasteiger charge is 2.24. The summed E-state index contributed by atoms with van der Waals surface area (Å²) in [6.07, 6.45) is 6.88. The Labute approximate surface area is 164 Å². The Morgan fingerprint density at radius 3 is 2.46 bits per heavy atom. The molecule has 142 valence electrons. The lowest BCUT2D eigenvalue weighted by Gasteiger charge is -2.14. The molecule has 1 unspecified atom stereocenters. The Bertz CT molecular complexity index is 1120. The molecule has 28 heavy (non-hydrogen) atoms. The number of rotatable bonds is 4. The molecule has 0 spiro atoms. The number of carbonyl (C=O) groups excluding carboxylic acids is 1. The number of anilines is 1. The average molecular weight is 373 g/mol. The van der Waals surface area contributed by atoms with E-state index in [1.54, 1.807) is 15.5 Å². The van der Waals surface area contributed by atoms with Gasteiger partial charge in [0.15, 0.2) is 0 Å². The molecule has 5 nitrogen and oxygen atoms in total. The van der Waals surface area contributed by atoms with E-state index in [1.807, 2.05) is 50.8 Å². The molecule has 2 aromatic heterocycles. The second-order valence-electron chi connectivity index (χ2n) is 7.36. The van der Waals surface area contributed by atoms with E-state index in [1.165, 1.54) is 0 Å². The molecule has 3 aromatic rings. The molecule has 0 saturated heterocycles. The fraction of sp³-hybridized carbons (Fsp3) is 0.261. The van der Waals surface area contributed by atoms with Gasteiger partial charge < -0.3 is 9.47 Å². The molecule has 4 rings (SSSR count). The molecule has 0 saturated carbocycles. The highest BCUT2D eigenvalue weighted by atomic mass is 16.2. The molecule has 3 heterocycles. The van der Waals surface area contributed by atoms with Crippen molar-refractivity contribution >= 4 is 11.6 Å². The molecule has 0 aliphatic carbocycles. The molecule has 1 atom stereocenters. The zero-order valence-electron chi connectivity index (χ0n) is 16.3. The van der Waals surface area contributed by atoms with E-state index in [2.05, 4.69) is 24.0 Å². The van der Waals surface area contributed by atoms with Crippen LogP contribution in [0.5, 0.6) is 0 Å². The SMILES string of the molecule is CCC(C)n1cc(-c2cncc(-c3ccc4c(c3)CC(=O)N4C)c2)ccc1=O. The number of nitrogens with zero attached hydrogens (tertiary/aromatic N) is 3. The maximum atomic E-state index is 12.2. The normalized spacial score (nSPS) is 14.2. The maximum Gasteiger partial charge on any atom is 0.250 e. The fourth-order valence-electron chi connectivity index (χ4n) is 3.62. The number of hydrogen-bond donors (Lipinski definition) is 0. The Kier molecular flexibility index (Phi) is 4.59. The van der Waals surface area contributed by atoms with E-state index >= 15 is 0 Å². The van der Waals surface area contributed by atoms with Crippen LogP contribution in [0.4, 0.5) is 5.69 Å². The van der Waals surface area contributed by atoms with Crippen LogP contribution in [-0.4, -0.2) is 22.5 Å². The first-order valence-corrected chi connectivity index (χ1v) is 9.55. The molecule has 1 amide bonds. The number of benzene rings is 1. The predicted molar refractivity (Wildman–Crippen MR) is 111 cm³/mol. The van der Waals surface area contributed by atoms with Gasteiger partial charge in [-0.25, -0.2) is 0 Å². The van der Waals surface area contributed by atoms with E-state index < -0.39 is 0 Å². The first-order valence-electron chi connectivity index (χ1n) is 9.55. The minimum Gasteiger partial charge on any atom is -0.315 e. The fourth-order valence-corrected chi connectivity index (χ4v) is 3.62. The van der Waals surface area contributed by atoms with Gasteiger partial charge in [0.25, 0.3) is 5.56 Å². The van der Waals surface area contributed by atoms with Crippen molar-refractivity contribution in [3.63, 3.8) is 0 Å². The van der Waals surface area contributed by atoms with Crippen molar-refractivity contribution in [2.75, 3.05) is 11.9 Å². The van der Waals surface area contributed by atoms with Crippen molar-refractivity contribution in [1.29, 1.82) is 0 Å². The monoisotopic (exact) mass is 373 g/mol. The van der Waals surface area contributed by atoms with Crippen molar-refractivity contribution in [1.82, 2.24) is 9.55 Å². The van der Waals surface area contributed by atoms with Crippen LogP contribution in [0.2, 0.25) is 0 Å². The Balaban J connectivity index is 1.73. The van der Waals surface area contributed by atoms with Crippen molar-refractivity contribution in [2.45, 2.75) is 32.7 Å². The molecule has 0 bridgehead atoms. The van der Waals surface area contributed by atoms with E-state index in [0.717, 1.165) is 39.9 Å². The van der Waals surface area contributed by atoms with Crippen LogP contribution in [0.15, 0.2) is 59.8 Å². The van der Waals surface area contributed by atoms with Gasteiger partial charge in [0.05, 0.1) is 6.42 Å². The van der Waals surface area contributed by atoms with Crippen LogP contribution in [0.3, 0.4) is 0 Å². The predicted octanol–water partition coefficient (Wildman–Crippen LogP) is 4.07. The van der Waals surface area contributed by atoms with Crippen LogP contribution in [0, 0.1) is 0 Å². The quantitative estimate of drug-likeness (QED) is 0.693. The number of amides is 1. The third-order valence-corrected chi connectivity index (χ3v) is 5.57. The third-order valence-electron chi connectivity index (χ3n) is 5.57. The standard InChI is InChI=1S/C23H23N3O2/c1-4-15(2)26-14-17(6-8-22(26)27)20-10-19(12-24-13-20)16-5-7-21-18(9-16)11-23(28)25(21)3/h5-10,12-15H,4,11H2,1-3H3. The summed E-state index contributed by atoms with van der Waals surface area (Å²) in [5.74, 6) is 0.117. The van der Waals surface area contributed by atoms with Crippen molar-refractivity contribution in [3.05, 3.63) is 70.9 Å². The van der Waals surface area contributed by atoms with Crippen LogP contribution >= 0.6 is 0 Å². The van der Waals surface area contributed by atoms with Gasteiger partial charge in [0.1, 0.15) is 0 Å². The Hall–Kier alpha value is -3.21. The van der Waals surface area contributed by atoms with Gasteiger partial charge >= 0.3 is 0 Å². The van der Waals surface area contributed by atoms with Gasteiger partial charge in [-0.15, -0.1) is 0 Å². The molecule has 0 radical (unpaired) electrons. The van der Waals surface area contributed by atoms with Gasteiger partial charge in [-0.05, 0) is 54.3 Å². The topological polar surface area (TPSA) is 55.2 Å². The first-order chi connectivity index (χ1) is 13.5. The second-order valence-corrected chi connectivity index (χ2v) is 7.36. The number of aromatic nitrogens is 2. The average Bonchev–Trinajstić information content (AvgIpc) is 3.01. The first kappa shape index (κ1) is 18.2. The Morgan fingerprint density at radius 2 is 1.71 bits per heavy atom. The van der Waals surface area contributed by atoms with Gasteiger partial charge in [-0.1, -0.05) is 13.0 Å². The van der Waals surface area contributed by atoms with Gasteiger partial charge in [-0.3, -0.25) is 14.6 Å². The summed E-state index contributed by atoms with van der Waals surface area (Å²) < 4.78 is 1.78. The molecule has 0 fully saturated rings. The largest absolute Gasteiger partial charge is 0.315 e. The van der Waals surface area contributed by atoms with Gasteiger partial charge in [0, 0.05) is 54.6 Å². The van der Waals surface area contributed by atoms with Gasteiger partial charge in [-0.2, -0.15) is 0 Å². The van der Waals surface area contributed by atoms with E-state index in [9.17, 15) is 9.59 Å².